The van der Waals surface area contributed by atoms with E-state index >= 15 is 0 Å². The molecule has 0 spiro atoms. The number of tetrazole rings is 1. The van der Waals surface area contributed by atoms with Crippen molar-refractivity contribution >= 4 is 22.9 Å². The summed E-state index contributed by atoms with van der Waals surface area (Å²) in [6.45, 7) is -0.246. The first-order valence-electron chi connectivity index (χ1n) is 5.30. The lowest BCUT2D eigenvalue weighted by Crippen LogP contribution is -2.28. The quantitative estimate of drug-likeness (QED) is 0.484. The van der Waals surface area contributed by atoms with Crippen LogP contribution in [-0.2, 0) is 6.54 Å². The Balaban J connectivity index is 1.97. The molecule has 0 atom stereocenters. The molecule has 0 aliphatic carbocycles. The highest BCUT2D eigenvalue weighted by Gasteiger charge is 2.07. The second kappa shape index (κ2) is 4.37. The molecule has 1 aromatic carbocycles. The smallest absolute Gasteiger partial charge is 0.420 e. The summed E-state index contributed by atoms with van der Waals surface area (Å²) in [5.41, 5.74) is 0.948. The molecule has 0 saturated heterocycles. The minimum Gasteiger partial charge on any atom is -0.860 e. The van der Waals surface area contributed by atoms with E-state index in [1.807, 2.05) is 0 Å². The van der Waals surface area contributed by atoms with Gasteiger partial charge in [0.1, 0.15) is 0 Å². The van der Waals surface area contributed by atoms with Gasteiger partial charge in [-0.3, -0.25) is 4.57 Å². The number of fused-ring (bicyclic) bond motifs is 1. The first-order valence-corrected chi connectivity index (χ1v) is 5.30. The second-order valence-electron chi connectivity index (χ2n) is 3.64. The van der Waals surface area contributed by atoms with E-state index in [1.165, 1.54) is 4.57 Å². The maximum absolute atomic E-state index is 11.7. The Morgan fingerprint density at radius 1 is 1.47 bits per heavy atom. The van der Waals surface area contributed by atoms with Crippen LogP contribution in [0.25, 0.3) is 11.1 Å². The number of hydrogen-bond donors (Lipinski definition) is 1. The number of nitrogens with one attached hydrogen (secondary N) is 1. The van der Waals surface area contributed by atoms with Crippen LogP contribution in [0.2, 0.25) is 0 Å². The summed E-state index contributed by atoms with van der Waals surface area (Å²) >= 11 is 0. The number of nitrogens with zero attached hydrogens (tertiary/aromatic N) is 5. The highest BCUT2D eigenvalue weighted by atomic mass is 16.4. The van der Waals surface area contributed by atoms with Crippen molar-refractivity contribution in [2.75, 3.05) is 0 Å². The van der Waals surface area contributed by atoms with E-state index in [1.54, 1.807) is 24.3 Å². The molecular weight excluding hydrogens is 252 g/mol. The van der Waals surface area contributed by atoms with Gasteiger partial charge in [0.15, 0.2) is 5.58 Å². The molecule has 3 aromatic rings. The van der Waals surface area contributed by atoms with Crippen molar-refractivity contribution in [2.45, 2.75) is 6.54 Å². The van der Waals surface area contributed by atoms with E-state index in [9.17, 15) is 9.90 Å². The van der Waals surface area contributed by atoms with Crippen LogP contribution < -0.4 is 10.9 Å². The molecule has 9 heteroatoms. The van der Waals surface area contributed by atoms with Crippen molar-refractivity contribution in [2.24, 2.45) is 4.99 Å². The summed E-state index contributed by atoms with van der Waals surface area (Å²) in [7, 11) is 0. The van der Waals surface area contributed by atoms with Crippen LogP contribution in [0.15, 0.2) is 38.5 Å². The third kappa shape index (κ3) is 2.08. The van der Waals surface area contributed by atoms with Crippen LogP contribution in [0.5, 0.6) is 0 Å². The van der Waals surface area contributed by atoms with Gasteiger partial charge in [0.25, 0.3) is 5.95 Å². The van der Waals surface area contributed by atoms with Gasteiger partial charge in [0, 0.05) is 0 Å². The molecule has 2 heterocycles. The summed E-state index contributed by atoms with van der Waals surface area (Å²) < 4.78 is 6.19. The average Bonchev–Trinajstić information content (AvgIpc) is 2.99. The van der Waals surface area contributed by atoms with E-state index in [4.69, 9.17) is 4.42 Å². The maximum atomic E-state index is 11.7. The van der Waals surface area contributed by atoms with Gasteiger partial charge in [0.05, 0.1) is 12.1 Å². The van der Waals surface area contributed by atoms with Gasteiger partial charge in [-0.05, 0) is 23.2 Å². The summed E-state index contributed by atoms with van der Waals surface area (Å²) in [4.78, 5) is 15.2. The lowest BCUT2D eigenvalue weighted by Gasteiger charge is -2.08. The SMILES string of the molecule is O=c1oc2ccccc2n1CC([O-])=Nc1nn[nH]n1. The number of oxazole rings is 1. The number of rotatable bonds is 3. The Kier molecular flexibility index (Phi) is 2.56. The fraction of sp³-hybridized carbons (Fsp3) is 0.100. The summed E-state index contributed by atoms with van der Waals surface area (Å²) in [5.74, 6) is -1.27. The zero-order valence-electron chi connectivity index (χ0n) is 9.48. The Morgan fingerprint density at radius 3 is 3.11 bits per heavy atom. The van der Waals surface area contributed by atoms with Gasteiger partial charge in [0.2, 0.25) is 0 Å². The van der Waals surface area contributed by atoms with Gasteiger partial charge >= 0.3 is 5.76 Å². The van der Waals surface area contributed by atoms with Crippen LogP contribution in [0.4, 0.5) is 5.95 Å². The lowest BCUT2D eigenvalue weighted by molar-refractivity contribution is -0.219. The van der Waals surface area contributed by atoms with Crippen LogP contribution in [0, 0.1) is 0 Å². The van der Waals surface area contributed by atoms with E-state index in [-0.39, 0.29) is 12.5 Å². The Morgan fingerprint density at radius 2 is 2.32 bits per heavy atom. The summed E-state index contributed by atoms with van der Waals surface area (Å²) in [6, 6.07) is 6.81. The van der Waals surface area contributed by atoms with E-state index in [0.717, 1.165) is 0 Å². The number of para-hydroxylation sites is 2. The molecule has 0 amide bonds. The Labute approximate surface area is 105 Å². The summed E-state index contributed by atoms with van der Waals surface area (Å²) in [5, 5.41) is 24.2. The number of aromatic amines is 1. The van der Waals surface area contributed by atoms with Gasteiger partial charge < -0.3 is 9.52 Å². The molecule has 0 unspecified atom stereocenters. The first-order chi connectivity index (χ1) is 9.24. The predicted molar refractivity (Wildman–Crippen MR) is 61.7 cm³/mol. The predicted octanol–water partition coefficient (Wildman–Crippen LogP) is -0.802. The van der Waals surface area contributed by atoms with E-state index in [0.29, 0.717) is 11.1 Å². The molecule has 2 aromatic heterocycles. The molecule has 1 N–H and O–H groups in total. The number of aliphatic imine (C=N–C) groups is 1. The number of hydrogen-bond acceptors (Lipinski definition) is 7. The molecule has 96 valence electrons. The largest absolute Gasteiger partial charge is 0.860 e. The first kappa shape index (κ1) is 11.1. The molecule has 0 aliphatic heterocycles. The van der Waals surface area contributed by atoms with Crippen LogP contribution in [0.1, 0.15) is 0 Å². The number of H-pyrrole nitrogens is 1. The standard InChI is InChI=1S/C10H8N6O3/c17-8(11-9-12-14-15-13-9)5-16-6-3-1-2-4-7(6)19-10(16)18/h1-4H,5H2,(H2,11,12,13,14,15,17)/p-1. The van der Waals surface area contributed by atoms with Crippen LogP contribution >= 0.6 is 0 Å². The normalized spacial score (nSPS) is 12.1. The van der Waals surface area contributed by atoms with Gasteiger partial charge in [-0.2, -0.15) is 5.21 Å². The summed E-state index contributed by atoms with van der Waals surface area (Å²) in [6.07, 6.45) is 0. The van der Waals surface area contributed by atoms with Gasteiger partial charge in [-0.25, -0.2) is 9.79 Å². The Hall–Kier alpha value is -2.97. The van der Waals surface area contributed by atoms with Gasteiger partial charge in [-0.15, -0.1) is 5.10 Å². The minimum atomic E-state index is -0.613. The molecule has 19 heavy (non-hydrogen) atoms. The van der Waals surface area contributed by atoms with E-state index in [2.05, 4.69) is 25.6 Å². The molecule has 3 rings (SSSR count). The third-order valence-electron chi connectivity index (χ3n) is 2.43. The average molecular weight is 259 g/mol. The number of benzene rings is 1. The zero-order chi connectivity index (χ0) is 13.2. The molecule has 0 fully saturated rings. The van der Waals surface area contributed by atoms with Crippen molar-refractivity contribution in [3.05, 3.63) is 34.8 Å². The third-order valence-corrected chi connectivity index (χ3v) is 2.43. The van der Waals surface area contributed by atoms with Crippen LogP contribution in [0.3, 0.4) is 0 Å². The molecule has 0 aliphatic rings. The molecule has 0 saturated carbocycles. The molecule has 0 bridgehead atoms. The zero-order valence-corrected chi connectivity index (χ0v) is 9.48. The van der Waals surface area contributed by atoms with Crippen molar-refractivity contribution in [3.63, 3.8) is 0 Å². The molecule has 0 radical (unpaired) electrons. The molecule has 9 nitrogen and oxygen atoms in total. The van der Waals surface area contributed by atoms with Crippen molar-refractivity contribution in [1.82, 2.24) is 25.2 Å². The van der Waals surface area contributed by atoms with Crippen LogP contribution in [-0.4, -0.2) is 31.1 Å². The molecular formula is C10H7N6O3-. The monoisotopic (exact) mass is 259 g/mol. The maximum Gasteiger partial charge on any atom is 0.420 e. The highest BCUT2D eigenvalue weighted by Crippen LogP contribution is 2.11. The lowest BCUT2D eigenvalue weighted by atomic mass is 10.3. The van der Waals surface area contributed by atoms with Crippen molar-refractivity contribution in [3.8, 4) is 0 Å². The number of aromatic nitrogens is 5. The minimum absolute atomic E-state index is 0.0779. The van der Waals surface area contributed by atoms with Crippen molar-refractivity contribution in [1.29, 1.82) is 0 Å². The second-order valence-corrected chi connectivity index (χ2v) is 3.64. The van der Waals surface area contributed by atoms with Crippen molar-refractivity contribution < 1.29 is 9.52 Å². The Bertz CT molecular complexity index is 785. The topological polar surface area (TPSA) is 125 Å². The highest BCUT2D eigenvalue weighted by molar-refractivity contribution is 5.78. The fourth-order valence-electron chi connectivity index (χ4n) is 1.65. The van der Waals surface area contributed by atoms with Gasteiger partial charge in [-0.1, -0.05) is 17.2 Å². The van der Waals surface area contributed by atoms with E-state index < -0.39 is 11.7 Å². The fourth-order valence-corrected chi connectivity index (χ4v) is 1.65.